The van der Waals surface area contributed by atoms with Crippen molar-refractivity contribution in [1.82, 2.24) is 14.5 Å². The van der Waals surface area contributed by atoms with Gasteiger partial charge in [-0.15, -0.1) is 0 Å². The minimum atomic E-state index is -0.400. The number of imidazole rings is 1. The summed E-state index contributed by atoms with van der Waals surface area (Å²) >= 11 is 0. The minimum absolute atomic E-state index is 0.0245. The van der Waals surface area contributed by atoms with Crippen LogP contribution in [0.15, 0.2) is 30.6 Å². The summed E-state index contributed by atoms with van der Waals surface area (Å²) < 4.78 is 15.3. The summed E-state index contributed by atoms with van der Waals surface area (Å²) in [6.45, 7) is 3.18. The third-order valence-corrected chi connectivity index (χ3v) is 3.17. The summed E-state index contributed by atoms with van der Waals surface area (Å²) in [6.07, 6.45) is 3.77. The normalized spacial score (nSPS) is 15.6. The van der Waals surface area contributed by atoms with Crippen molar-refractivity contribution in [2.24, 2.45) is 0 Å². The maximum atomic E-state index is 13.2. The van der Waals surface area contributed by atoms with Crippen LogP contribution in [0.25, 0.3) is 0 Å². The third kappa shape index (κ3) is 2.22. The molecule has 0 atom stereocenters. The van der Waals surface area contributed by atoms with E-state index >= 15 is 0 Å². The second-order valence-electron chi connectivity index (χ2n) is 4.57. The van der Waals surface area contributed by atoms with Crippen LogP contribution in [0.3, 0.4) is 0 Å². The van der Waals surface area contributed by atoms with E-state index in [-0.39, 0.29) is 5.75 Å². The highest BCUT2D eigenvalue weighted by atomic mass is 19.1. The lowest BCUT2D eigenvalue weighted by molar-refractivity contribution is 0.208. The van der Waals surface area contributed by atoms with E-state index in [2.05, 4.69) is 14.5 Å². The van der Waals surface area contributed by atoms with Gasteiger partial charge in [0, 0.05) is 38.1 Å². The fourth-order valence-electron chi connectivity index (χ4n) is 2.34. The van der Waals surface area contributed by atoms with Crippen LogP contribution in [0.1, 0.15) is 11.4 Å². The fraction of sp³-hybridized carbons (Fsp3) is 0.308. The number of hydrogen-bond donors (Lipinski definition) is 1. The minimum Gasteiger partial charge on any atom is -0.508 e. The number of nitrogens with zero attached hydrogens (tertiary/aromatic N) is 3. The Labute approximate surface area is 104 Å². The Morgan fingerprint density at radius 3 is 3.00 bits per heavy atom. The number of aromatic hydroxyl groups is 1. The van der Waals surface area contributed by atoms with E-state index in [1.165, 1.54) is 6.07 Å². The van der Waals surface area contributed by atoms with Crippen molar-refractivity contribution >= 4 is 0 Å². The van der Waals surface area contributed by atoms with Gasteiger partial charge in [-0.05, 0) is 17.7 Å². The second kappa shape index (κ2) is 4.42. The molecule has 3 rings (SSSR count). The zero-order valence-electron chi connectivity index (χ0n) is 9.88. The van der Waals surface area contributed by atoms with Crippen molar-refractivity contribution in [3.05, 3.63) is 47.8 Å². The quantitative estimate of drug-likeness (QED) is 0.879. The first kappa shape index (κ1) is 11.2. The molecule has 1 N–H and O–H groups in total. The van der Waals surface area contributed by atoms with Crippen molar-refractivity contribution in [1.29, 1.82) is 0 Å². The van der Waals surface area contributed by atoms with Crippen LogP contribution in [0.5, 0.6) is 5.75 Å². The molecule has 2 aromatic rings. The SMILES string of the molecule is Oc1cc(F)cc(CN2CCn3ccnc3C2)c1. The zero-order chi connectivity index (χ0) is 12.5. The van der Waals surface area contributed by atoms with Gasteiger partial charge in [-0.1, -0.05) is 0 Å². The first-order chi connectivity index (χ1) is 8.70. The van der Waals surface area contributed by atoms with Gasteiger partial charge in [0.15, 0.2) is 0 Å². The predicted molar refractivity (Wildman–Crippen MR) is 64.4 cm³/mol. The topological polar surface area (TPSA) is 41.3 Å². The van der Waals surface area contributed by atoms with Crippen molar-refractivity contribution in [3.8, 4) is 5.75 Å². The molecular weight excluding hydrogens is 233 g/mol. The van der Waals surface area contributed by atoms with E-state index in [1.54, 1.807) is 12.3 Å². The van der Waals surface area contributed by atoms with E-state index in [9.17, 15) is 9.50 Å². The Balaban J connectivity index is 1.74. The van der Waals surface area contributed by atoms with E-state index in [1.807, 2.05) is 6.20 Å². The maximum absolute atomic E-state index is 13.2. The number of hydrogen-bond acceptors (Lipinski definition) is 3. The van der Waals surface area contributed by atoms with Gasteiger partial charge in [0.25, 0.3) is 0 Å². The highest BCUT2D eigenvalue weighted by Gasteiger charge is 2.16. The van der Waals surface area contributed by atoms with Crippen molar-refractivity contribution < 1.29 is 9.50 Å². The fourth-order valence-corrected chi connectivity index (χ4v) is 2.34. The predicted octanol–water partition coefficient (Wildman–Crippen LogP) is 1.74. The first-order valence-electron chi connectivity index (χ1n) is 5.91. The van der Waals surface area contributed by atoms with Gasteiger partial charge in [0.2, 0.25) is 0 Å². The molecule has 1 aliphatic heterocycles. The van der Waals surface area contributed by atoms with E-state index < -0.39 is 5.82 Å². The van der Waals surface area contributed by atoms with Crippen molar-refractivity contribution in [2.45, 2.75) is 19.6 Å². The first-order valence-corrected chi connectivity index (χ1v) is 5.91. The molecule has 1 aromatic heterocycles. The van der Waals surface area contributed by atoms with Crippen LogP contribution in [0.4, 0.5) is 4.39 Å². The number of aromatic nitrogens is 2. The molecule has 5 heteroatoms. The number of rotatable bonds is 2. The molecule has 94 valence electrons. The Morgan fingerprint density at radius 1 is 1.28 bits per heavy atom. The monoisotopic (exact) mass is 247 g/mol. The molecule has 0 spiro atoms. The Hall–Kier alpha value is -1.88. The van der Waals surface area contributed by atoms with Gasteiger partial charge in [0.05, 0.1) is 6.54 Å². The van der Waals surface area contributed by atoms with E-state index in [4.69, 9.17) is 0 Å². The summed E-state index contributed by atoms with van der Waals surface area (Å²) in [5, 5.41) is 9.37. The summed E-state index contributed by atoms with van der Waals surface area (Å²) in [5.74, 6) is 0.605. The van der Waals surface area contributed by atoms with Crippen molar-refractivity contribution in [3.63, 3.8) is 0 Å². The lowest BCUT2D eigenvalue weighted by atomic mass is 10.2. The molecule has 18 heavy (non-hydrogen) atoms. The number of halogens is 1. The van der Waals surface area contributed by atoms with Gasteiger partial charge in [-0.3, -0.25) is 4.90 Å². The van der Waals surface area contributed by atoms with Crippen LogP contribution >= 0.6 is 0 Å². The van der Waals surface area contributed by atoms with E-state index in [0.717, 1.165) is 37.1 Å². The number of fused-ring (bicyclic) bond motifs is 1. The van der Waals surface area contributed by atoms with Crippen LogP contribution in [0.2, 0.25) is 0 Å². The third-order valence-electron chi connectivity index (χ3n) is 3.17. The molecule has 1 aliphatic rings. The Morgan fingerprint density at radius 2 is 2.17 bits per heavy atom. The number of phenolic OH excluding ortho intramolecular Hbond substituents is 1. The van der Waals surface area contributed by atoms with Gasteiger partial charge in [-0.2, -0.15) is 0 Å². The highest BCUT2D eigenvalue weighted by molar-refractivity contribution is 5.28. The summed E-state index contributed by atoms with van der Waals surface area (Å²) in [6, 6.07) is 4.18. The molecule has 0 radical (unpaired) electrons. The van der Waals surface area contributed by atoms with E-state index in [0.29, 0.717) is 6.54 Å². The Bertz CT molecular complexity index is 547. The van der Waals surface area contributed by atoms with Crippen LogP contribution < -0.4 is 0 Å². The molecular formula is C13H14FN3O. The number of phenols is 1. The lowest BCUT2D eigenvalue weighted by Crippen LogP contribution is -2.33. The van der Waals surface area contributed by atoms with Gasteiger partial charge in [-0.25, -0.2) is 9.37 Å². The van der Waals surface area contributed by atoms with Gasteiger partial charge >= 0.3 is 0 Å². The summed E-state index contributed by atoms with van der Waals surface area (Å²) in [4.78, 5) is 6.47. The molecule has 0 unspecified atom stereocenters. The molecule has 0 amide bonds. The largest absolute Gasteiger partial charge is 0.508 e. The molecule has 4 nitrogen and oxygen atoms in total. The maximum Gasteiger partial charge on any atom is 0.127 e. The molecule has 2 heterocycles. The average Bonchev–Trinajstić information content (AvgIpc) is 2.74. The second-order valence-corrected chi connectivity index (χ2v) is 4.57. The molecule has 0 saturated carbocycles. The molecule has 1 aromatic carbocycles. The summed E-state index contributed by atoms with van der Waals surface area (Å²) in [7, 11) is 0. The zero-order valence-corrected chi connectivity index (χ0v) is 9.88. The summed E-state index contributed by atoms with van der Waals surface area (Å²) in [5.41, 5.74) is 0.785. The molecule has 0 saturated heterocycles. The molecule has 0 fully saturated rings. The average molecular weight is 247 g/mol. The standard InChI is InChI=1S/C13H14FN3O/c14-11-5-10(6-12(18)7-11)8-16-3-4-17-2-1-15-13(17)9-16/h1-2,5-7,18H,3-4,8-9H2. The van der Waals surface area contributed by atoms with Crippen molar-refractivity contribution in [2.75, 3.05) is 6.54 Å². The number of benzene rings is 1. The molecule has 0 bridgehead atoms. The smallest absolute Gasteiger partial charge is 0.127 e. The van der Waals surface area contributed by atoms with Crippen LogP contribution in [0, 0.1) is 5.82 Å². The van der Waals surface area contributed by atoms with Crippen LogP contribution in [-0.4, -0.2) is 26.1 Å². The van der Waals surface area contributed by atoms with Crippen LogP contribution in [-0.2, 0) is 19.6 Å². The van der Waals surface area contributed by atoms with Gasteiger partial charge in [0.1, 0.15) is 17.4 Å². The Kier molecular flexibility index (Phi) is 2.76. The molecule has 0 aliphatic carbocycles. The highest BCUT2D eigenvalue weighted by Crippen LogP contribution is 2.18. The lowest BCUT2D eigenvalue weighted by Gasteiger charge is -2.27. The van der Waals surface area contributed by atoms with Gasteiger partial charge < -0.3 is 9.67 Å².